The SMILES string of the molecule is COc1ccc(CC(=O)N2CCC[NH+](C)CC2)cc1. The van der Waals surface area contributed by atoms with Crippen molar-refractivity contribution in [2.75, 3.05) is 40.3 Å². The van der Waals surface area contributed by atoms with Gasteiger partial charge in [0.2, 0.25) is 5.91 Å². The molecule has 1 unspecified atom stereocenters. The molecule has 1 heterocycles. The van der Waals surface area contributed by atoms with Gasteiger partial charge in [-0.05, 0) is 17.7 Å². The van der Waals surface area contributed by atoms with Crippen molar-refractivity contribution < 1.29 is 14.4 Å². The Labute approximate surface area is 115 Å². The number of amides is 1. The fourth-order valence-corrected chi connectivity index (χ4v) is 2.41. The van der Waals surface area contributed by atoms with Gasteiger partial charge in [0, 0.05) is 13.0 Å². The van der Waals surface area contributed by atoms with Crippen LogP contribution < -0.4 is 9.64 Å². The normalized spacial score (nSPS) is 19.9. The van der Waals surface area contributed by atoms with Gasteiger partial charge >= 0.3 is 0 Å². The summed E-state index contributed by atoms with van der Waals surface area (Å²) in [7, 11) is 3.84. The molecule has 1 aliphatic rings. The summed E-state index contributed by atoms with van der Waals surface area (Å²) in [4.78, 5) is 15.8. The molecule has 0 aliphatic carbocycles. The summed E-state index contributed by atoms with van der Waals surface area (Å²) in [5.74, 6) is 1.07. The molecular weight excluding hydrogens is 240 g/mol. The summed E-state index contributed by atoms with van der Waals surface area (Å²) < 4.78 is 5.12. The Morgan fingerprint density at radius 2 is 2.00 bits per heavy atom. The summed E-state index contributed by atoms with van der Waals surface area (Å²) in [5.41, 5.74) is 1.05. The van der Waals surface area contributed by atoms with Crippen LogP contribution in [0.3, 0.4) is 0 Å². The predicted octanol–water partition coefficient (Wildman–Crippen LogP) is -0.0153. The molecule has 0 radical (unpaired) electrons. The molecule has 1 fully saturated rings. The van der Waals surface area contributed by atoms with Crippen molar-refractivity contribution in [2.24, 2.45) is 0 Å². The van der Waals surface area contributed by atoms with Crippen molar-refractivity contribution in [1.82, 2.24) is 4.90 Å². The molecule has 4 nitrogen and oxygen atoms in total. The number of ether oxygens (including phenoxy) is 1. The smallest absolute Gasteiger partial charge is 0.227 e. The molecule has 1 saturated heterocycles. The third-order valence-electron chi connectivity index (χ3n) is 3.71. The Bertz CT molecular complexity index is 417. The van der Waals surface area contributed by atoms with Gasteiger partial charge in [-0.1, -0.05) is 12.1 Å². The van der Waals surface area contributed by atoms with Crippen LogP contribution in [0.15, 0.2) is 24.3 Å². The summed E-state index contributed by atoms with van der Waals surface area (Å²) in [5, 5.41) is 0. The highest BCUT2D eigenvalue weighted by Gasteiger charge is 2.19. The molecule has 0 bridgehead atoms. The first kappa shape index (κ1) is 13.9. The molecular formula is C15H23N2O2+. The van der Waals surface area contributed by atoms with Gasteiger partial charge < -0.3 is 14.5 Å². The zero-order valence-corrected chi connectivity index (χ0v) is 11.8. The lowest BCUT2D eigenvalue weighted by Crippen LogP contribution is -3.09. The van der Waals surface area contributed by atoms with Gasteiger partial charge in [-0.15, -0.1) is 0 Å². The van der Waals surface area contributed by atoms with Crippen LogP contribution in [0.4, 0.5) is 0 Å². The van der Waals surface area contributed by atoms with Crippen LogP contribution in [0.5, 0.6) is 5.75 Å². The number of carbonyl (C=O) groups is 1. The molecule has 19 heavy (non-hydrogen) atoms. The summed E-state index contributed by atoms with van der Waals surface area (Å²) in [6.07, 6.45) is 1.59. The van der Waals surface area contributed by atoms with E-state index >= 15 is 0 Å². The molecule has 1 aliphatic heterocycles. The van der Waals surface area contributed by atoms with Gasteiger partial charge in [0.05, 0.1) is 40.2 Å². The fourth-order valence-electron chi connectivity index (χ4n) is 2.41. The second-order valence-electron chi connectivity index (χ2n) is 5.22. The zero-order chi connectivity index (χ0) is 13.7. The van der Waals surface area contributed by atoms with E-state index in [-0.39, 0.29) is 5.91 Å². The van der Waals surface area contributed by atoms with E-state index < -0.39 is 0 Å². The van der Waals surface area contributed by atoms with Crippen LogP contribution in [0.1, 0.15) is 12.0 Å². The highest BCUT2D eigenvalue weighted by molar-refractivity contribution is 5.78. The maximum atomic E-state index is 12.3. The minimum atomic E-state index is 0.236. The number of benzene rings is 1. The molecule has 1 aromatic carbocycles. The zero-order valence-electron chi connectivity index (χ0n) is 11.8. The van der Waals surface area contributed by atoms with E-state index in [1.54, 1.807) is 7.11 Å². The fraction of sp³-hybridized carbons (Fsp3) is 0.533. The number of likely N-dealkylation sites (N-methyl/N-ethyl adjacent to an activating group) is 1. The van der Waals surface area contributed by atoms with Crippen molar-refractivity contribution in [3.8, 4) is 5.75 Å². The average molecular weight is 263 g/mol. The second-order valence-corrected chi connectivity index (χ2v) is 5.22. The van der Waals surface area contributed by atoms with E-state index in [9.17, 15) is 4.79 Å². The number of carbonyl (C=O) groups excluding carboxylic acids is 1. The first-order valence-electron chi connectivity index (χ1n) is 6.91. The lowest BCUT2D eigenvalue weighted by atomic mass is 10.1. The highest BCUT2D eigenvalue weighted by Crippen LogP contribution is 2.12. The Hall–Kier alpha value is -1.55. The maximum absolute atomic E-state index is 12.3. The molecule has 104 valence electrons. The number of quaternary nitrogens is 1. The lowest BCUT2D eigenvalue weighted by molar-refractivity contribution is -0.877. The number of nitrogens with zero attached hydrogens (tertiary/aromatic N) is 1. The minimum Gasteiger partial charge on any atom is -0.497 e. The first-order valence-corrected chi connectivity index (χ1v) is 6.91. The van der Waals surface area contributed by atoms with E-state index in [4.69, 9.17) is 4.74 Å². The van der Waals surface area contributed by atoms with Crippen molar-refractivity contribution in [3.63, 3.8) is 0 Å². The quantitative estimate of drug-likeness (QED) is 0.832. The average Bonchev–Trinajstić information content (AvgIpc) is 2.64. The number of nitrogens with one attached hydrogen (secondary N) is 1. The standard InChI is InChI=1S/C15H22N2O2/c1-16-8-3-9-17(11-10-16)15(18)12-13-4-6-14(19-2)7-5-13/h4-7H,3,8-12H2,1-2H3/p+1. The number of hydrogen-bond acceptors (Lipinski definition) is 2. The second kappa shape index (κ2) is 6.57. The van der Waals surface area contributed by atoms with E-state index in [0.29, 0.717) is 6.42 Å². The summed E-state index contributed by atoms with van der Waals surface area (Å²) >= 11 is 0. The van der Waals surface area contributed by atoms with E-state index in [0.717, 1.165) is 43.9 Å². The topological polar surface area (TPSA) is 34.0 Å². The molecule has 0 saturated carbocycles. The van der Waals surface area contributed by atoms with Crippen LogP contribution in [0.2, 0.25) is 0 Å². The molecule has 0 spiro atoms. The first-order chi connectivity index (χ1) is 9.19. The van der Waals surface area contributed by atoms with E-state index in [1.165, 1.54) is 4.90 Å². The third-order valence-corrected chi connectivity index (χ3v) is 3.71. The Morgan fingerprint density at radius 3 is 2.68 bits per heavy atom. The van der Waals surface area contributed by atoms with Crippen LogP contribution in [-0.2, 0) is 11.2 Å². The lowest BCUT2D eigenvalue weighted by Gasteiger charge is -2.19. The molecule has 4 heteroatoms. The number of rotatable bonds is 3. The Kier molecular flexibility index (Phi) is 4.80. The van der Waals surface area contributed by atoms with Crippen molar-refractivity contribution in [2.45, 2.75) is 12.8 Å². The van der Waals surface area contributed by atoms with Crippen molar-refractivity contribution in [3.05, 3.63) is 29.8 Å². The molecule has 0 aromatic heterocycles. The largest absolute Gasteiger partial charge is 0.497 e. The number of methoxy groups -OCH3 is 1. The third kappa shape index (κ3) is 3.96. The molecule has 1 N–H and O–H groups in total. The number of hydrogen-bond donors (Lipinski definition) is 1. The molecule has 1 aromatic rings. The van der Waals surface area contributed by atoms with Crippen LogP contribution in [0.25, 0.3) is 0 Å². The minimum absolute atomic E-state index is 0.236. The van der Waals surface area contributed by atoms with Gasteiger partial charge in [0.15, 0.2) is 0 Å². The molecule has 1 atom stereocenters. The van der Waals surface area contributed by atoms with Gasteiger partial charge in [-0.2, -0.15) is 0 Å². The molecule has 1 amide bonds. The van der Waals surface area contributed by atoms with E-state index in [1.807, 2.05) is 29.2 Å². The highest BCUT2D eigenvalue weighted by atomic mass is 16.5. The van der Waals surface area contributed by atoms with Crippen LogP contribution in [0, 0.1) is 0 Å². The van der Waals surface area contributed by atoms with Gasteiger partial charge in [-0.3, -0.25) is 4.79 Å². The predicted molar refractivity (Wildman–Crippen MR) is 74.5 cm³/mol. The Balaban J connectivity index is 1.92. The summed E-state index contributed by atoms with van der Waals surface area (Å²) in [6.45, 7) is 3.98. The van der Waals surface area contributed by atoms with Crippen LogP contribution >= 0.6 is 0 Å². The van der Waals surface area contributed by atoms with E-state index in [2.05, 4.69) is 7.05 Å². The Morgan fingerprint density at radius 1 is 1.26 bits per heavy atom. The maximum Gasteiger partial charge on any atom is 0.227 e. The van der Waals surface area contributed by atoms with Gasteiger partial charge in [-0.25, -0.2) is 0 Å². The molecule has 2 rings (SSSR count). The summed E-state index contributed by atoms with van der Waals surface area (Å²) in [6, 6.07) is 7.74. The van der Waals surface area contributed by atoms with Gasteiger partial charge in [0.1, 0.15) is 5.75 Å². The van der Waals surface area contributed by atoms with Gasteiger partial charge in [0.25, 0.3) is 0 Å². The van der Waals surface area contributed by atoms with Crippen LogP contribution in [-0.4, -0.2) is 51.1 Å². The van der Waals surface area contributed by atoms with Crippen molar-refractivity contribution >= 4 is 5.91 Å². The van der Waals surface area contributed by atoms with Crippen molar-refractivity contribution in [1.29, 1.82) is 0 Å². The monoisotopic (exact) mass is 263 g/mol.